The number of carbonyl (C=O) groups is 1. The van der Waals surface area contributed by atoms with E-state index in [2.05, 4.69) is 10.2 Å². The van der Waals surface area contributed by atoms with Gasteiger partial charge in [0.15, 0.2) is 0 Å². The lowest BCUT2D eigenvalue weighted by Crippen LogP contribution is -2.47. The Bertz CT molecular complexity index is 735. The van der Waals surface area contributed by atoms with E-state index in [0.717, 1.165) is 38.8 Å². The Kier molecular flexibility index (Phi) is 6.89. The van der Waals surface area contributed by atoms with Gasteiger partial charge in [-0.25, -0.2) is 8.42 Å². The first-order valence-corrected chi connectivity index (χ1v) is 11.5. The van der Waals surface area contributed by atoms with Crippen LogP contribution < -0.4 is 5.32 Å². The zero-order valence-electron chi connectivity index (χ0n) is 16.2. The van der Waals surface area contributed by atoms with Crippen molar-refractivity contribution in [1.29, 1.82) is 0 Å². The minimum atomic E-state index is -3.56. The molecule has 0 unspecified atom stereocenters. The number of hydrogen-bond donors (Lipinski definition) is 1. The fraction of sp³-hybridized carbons (Fsp3) is 0.650. The number of hydrogen-bond acceptors (Lipinski definition) is 4. The van der Waals surface area contributed by atoms with Crippen LogP contribution in [0.3, 0.4) is 0 Å². The molecule has 2 aliphatic rings. The number of sulfonamides is 1. The van der Waals surface area contributed by atoms with E-state index in [1.807, 2.05) is 7.05 Å². The predicted octanol–water partition coefficient (Wildman–Crippen LogP) is 2.47. The molecule has 3 rings (SSSR count). The van der Waals surface area contributed by atoms with E-state index in [9.17, 15) is 13.2 Å². The van der Waals surface area contributed by atoms with Crippen molar-refractivity contribution < 1.29 is 13.2 Å². The monoisotopic (exact) mass is 393 g/mol. The average molecular weight is 394 g/mol. The highest BCUT2D eigenvalue weighted by Crippen LogP contribution is 2.20. The van der Waals surface area contributed by atoms with E-state index in [1.54, 1.807) is 18.2 Å². The first-order valence-electron chi connectivity index (χ1n) is 10.1. The summed E-state index contributed by atoms with van der Waals surface area (Å²) in [7, 11) is -1.57. The van der Waals surface area contributed by atoms with Gasteiger partial charge in [0.1, 0.15) is 0 Å². The molecule has 0 aromatic heterocycles. The number of amides is 1. The highest BCUT2D eigenvalue weighted by Gasteiger charge is 2.28. The molecular formula is C20H31N3O3S. The first kappa shape index (κ1) is 20.3. The Balaban J connectivity index is 1.69. The highest BCUT2D eigenvalue weighted by molar-refractivity contribution is 7.89. The summed E-state index contributed by atoms with van der Waals surface area (Å²) >= 11 is 0. The van der Waals surface area contributed by atoms with Crippen molar-refractivity contribution in [2.24, 2.45) is 0 Å². The van der Waals surface area contributed by atoms with Crippen LogP contribution in [0.25, 0.3) is 0 Å². The summed E-state index contributed by atoms with van der Waals surface area (Å²) in [6.07, 6.45) is 8.03. The molecule has 0 atom stereocenters. The van der Waals surface area contributed by atoms with E-state index in [-0.39, 0.29) is 16.8 Å². The lowest BCUT2D eigenvalue weighted by molar-refractivity contribution is 0.0930. The molecular weight excluding hydrogens is 362 g/mol. The van der Waals surface area contributed by atoms with Gasteiger partial charge in [0.25, 0.3) is 5.91 Å². The minimum Gasteiger partial charge on any atom is -0.349 e. The standard InChI is InChI=1S/C20H31N3O3S/c1-22-12-14-23(15-13-22)27(25,26)19-11-7-8-17(16-19)20(24)21-18-9-5-3-2-4-6-10-18/h7-8,11,16,18H,2-6,9-10,12-15H2,1H3,(H,21,24). The molecule has 1 amide bonds. The molecule has 7 heteroatoms. The molecule has 0 radical (unpaired) electrons. The van der Waals surface area contributed by atoms with Gasteiger partial charge in [-0.05, 0) is 38.1 Å². The molecule has 2 fully saturated rings. The number of carbonyl (C=O) groups excluding carboxylic acids is 1. The van der Waals surface area contributed by atoms with E-state index >= 15 is 0 Å². The zero-order valence-corrected chi connectivity index (χ0v) is 17.0. The van der Waals surface area contributed by atoms with Gasteiger partial charge in [-0.1, -0.05) is 38.2 Å². The molecule has 0 bridgehead atoms. The lowest BCUT2D eigenvalue weighted by Gasteiger charge is -2.31. The van der Waals surface area contributed by atoms with Gasteiger partial charge in [0.2, 0.25) is 10.0 Å². The van der Waals surface area contributed by atoms with Crippen molar-refractivity contribution in [3.05, 3.63) is 29.8 Å². The van der Waals surface area contributed by atoms with Crippen LogP contribution >= 0.6 is 0 Å². The molecule has 1 heterocycles. The second-order valence-corrected chi connectivity index (χ2v) is 9.69. The molecule has 0 spiro atoms. The smallest absolute Gasteiger partial charge is 0.251 e. The third-order valence-electron chi connectivity index (χ3n) is 5.64. The Morgan fingerprint density at radius 1 is 1.00 bits per heavy atom. The Hall–Kier alpha value is -1.44. The van der Waals surface area contributed by atoms with Crippen LogP contribution in [0, 0.1) is 0 Å². The number of nitrogens with one attached hydrogen (secondary N) is 1. The van der Waals surface area contributed by atoms with Gasteiger partial charge in [-0.15, -0.1) is 0 Å². The Labute approximate surface area is 163 Å². The Morgan fingerprint density at radius 3 is 2.30 bits per heavy atom. The van der Waals surface area contributed by atoms with Crippen LogP contribution in [0.1, 0.15) is 55.3 Å². The highest BCUT2D eigenvalue weighted by atomic mass is 32.2. The first-order chi connectivity index (χ1) is 13.0. The summed E-state index contributed by atoms with van der Waals surface area (Å²) in [5.74, 6) is -0.170. The predicted molar refractivity (Wildman–Crippen MR) is 106 cm³/mol. The summed E-state index contributed by atoms with van der Waals surface area (Å²) in [6.45, 7) is 2.41. The van der Waals surface area contributed by atoms with Gasteiger partial charge in [0.05, 0.1) is 4.90 Å². The molecule has 1 aromatic rings. The van der Waals surface area contributed by atoms with Crippen molar-refractivity contribution in [3.63, 3.8) is 0 Å². The third-order valence-corrected chi connectivity index (χ3v) is 7.53. The number of piperazine rings is 1. The van der Waals surface area contributed by atoms with Crippen molar-refractivity contribution in [2.45, 2.75) is 55.9 Å². The minimum absolute atomic E-state index is 0.170. The van der Waals surface area contributed by atoms with Gasteiger partial charge < -0.3 is 10.2 Å². The van der Waals surface area contributed by atoms with Crippen LogP contribution in [0.2, 0.25) is 0 Å². The molecule has 150 valence electrons. The van der Waals surface area contributed by atoms with Crippen molar-refractivity contribution >= 4 is 15.9 Å². The van der Waals surface area contributed by atoms with E-state index in [1.165, 1.54) is 29.6 Å². The maximum absolute atomic E-state index is 12.9. The van der Waals surface area contributed by atoms with Crippen LogP contribution in [0.15, 0.2) is 29.2 Å². The van der Waals surface area contributed by atoms with Gasteiger partial charge in [-0.2, -0.15) is 4.31 Å². The number of likely N-dealkylation sites (N-methyl/N-ethyl adjacent to an activating group) is 1. The molecule has 1 aromatic carbocycles. The summed E-state index contributed by atoms with van der Waals surface area (Å²) in [5, 5.41) is 3.11. The van der Waals surface area contributed by atoms with Crippen molar-refractivity contribution in [2.75, 3.05) is 33.2 Å². The van der Waals surface area contributed by atoms with E-state index in [0.29, 0.717) is 18.7 Å². The Morgan fingerprint density at radius 2 is 1.63 bits per heavy atom. The summed E-state index contributed by atoms with van der Waals surface area (Å²) < 4.78 is 27.3. The topological polar surface area (TPSA) is 69.7 Å². The van der Waals surface area contributed by atoms with E-state index < -0.39 is 10.0 Å². The van der Waals surface area contributed by atoms with Gasteiger partial charge in [0, 0.05) is 37.8 Å². The normalized spacial score (nSPS) is 21.4. The SMILES string of the molecule is CN1CCN(S(=O)(=O)c2cccc(C(=O)NC3CCCCCCC3)c2)CC1. The largest absolute Gasteiger partial charge is 0.349 e. The zero-order chi connectivity index (χ0) is 19.3. The van der Waals surface area contributed by atoms with Crippen LogP contribution in [0.4, 0.5) is 0 Å². The molecule has 1 saturated carbocycles. The average Bonchev–Trinajstić information content (AvgIpc) is 2.64. The molecule has 27 heavy (non-hydrogen) atoms. The summed E-state index contributed by atoms with van der Waals surface area (Å²) in [6, 6.07) is 6.65. The maximum atomic E-state index is 12.9. The van der Waals surface area contributed by atoms with Crippen molar-refractivity contribution in [3.8, 4) is 0 Å². The summed E-state index contributed by atoms with van der Waals surface area (Å²) in [4.78, 5) is 15.0. The second kappa shape index (κ2) is 9.17. The molecule has 1 saturated heterocycles. The van der Waals surface area contributed by atoms with Gasteiger partial charge in [-0.3, -0.25) is 4.79 Å². The molecule has 1 aliphatic carbocycles. The maximum Gasteiger partial charge on any atom is 0.251 e. The fourth-order valence-electron chi connectivity index (χ4n) is 3.84. The summed E-state index contributed by atoms with van der Waals surface area (Å²) in [5.41, 5.74) is 0.423. The second-order valence-electron chi connectivity index (χ2n) is 7.75. The number of rotatable bonds is 4. The fourth-order valence-corrected chi connectivity index (χ4v) is 5.31. The van der Waals surface area contributed by atoms with Crippen molar-refractivity contribution in [1.82, 2.24) is 14.5 Å². The third kappa shape index (κ3) is 5.30. The number of nitrogens with zero attached hydrogens (tertiary/aromatic N) is 2. The van der Waals surface area contributed by atoms with E-state index in [4.69, 9.17) is 0 Å². The number of benzene rings is 1. The van der Waals surface area contributed by atoms with Crippen LogP contribution in [0.5, 0.6) is 0 Å². The van der Waals surface area contributed by atoms with Crippen LogP contribution in [-0.4, -0.2) is 62.8 Å². The molecule has 1 aliphatic heterocycles. The molecule has 1 N–H and O–H groups in total. The van der Waals surface area contributed by atoms with Gasteiger partial charge >= 0.3 is 0 Å². The molecule has 6 nitrogen and oxygen atoms in total. The van der Waals surface area contributed by atoms with Crippen LogP contribution in [-0.2, 0) is 10.0 Å². The lowest BCUT2D eigenvalue weighted by atomic mass is 9.96. The quantitative estimate of drug-likeness (QED) is 0.853.